The summed E-state index contributed by atoms with van der Waals surface area (Å²) in [4.78, 5) is 1.47. The minimum atomic E-state index is 0.346. The molecule has 0 radical (unpaired) electrons. The van der Waals surface area contributed by atoms with E-state index in [1.807, 2.05) is 0 Å². The van der Waals surface area contributed by atoms with Gasteiger partial charge in [0.1, 0.15) is 12.5 Å². The van der Waals surface area contributed by atoms with Crippen molar-refractivity contribution in [2.24, 2.45) is 0 Å². The van der Waals surface area contributed by atoms with E-state index in [4.69, 9.17) is 0 Å². The van der Waals surface area contributed by atoms with E-state index in [9.17, 15) is 0 Å². The van der Waals surface area contributed by atoms with E-state index in [2.05, 4.69) is 55.0 Å². The van der Waals surface area contributed by atoms with Crippen molar-refractivity contribution in [3.8, 4) is 0 Å². The predicted molar refractivity (Wildman–Crippen MR) is 61.4 cm³/mol. The second-order valence-electron chi connectivity index (χ2n) is 3.29. The van der Waals surface area contributed by atoms with E-state index in [-0.39, 0.29) is 0 Å². The predicted octanol–water partition coefficient (Wildman–Crippen LogP) is 3.08. The Bertz CT molecular complexity index is 413. The normalized spacial score (nSPS) is 11.0. The van der Waals surface area contributed by atoms with Crippen molar-refractivity contribution < 1.29 is 0 Å². The molecule has 0 aliphatic heterocycles. The summed E-state index contributed by atoms with van der Waals surface area (Å²) in [7, 11) is 0.346. The lowest BCUT2D eigenvalue weighted by Gasteiger charge is -2.01. The van der Waals surface area contributed by atoms with Crippen molar-refractivity contribution in [3.05, 3.63) is 42.5 Å². The summed E-state index contributed by atoms with van der Waals surface area (Å²) in [6.45, 7) is 0. The van der Waals surface area contributed by atoms with Gasteiger partial charge in [-0.25, -0.2) is 0 Å². The molecule has 0 nitrogen and oxygen atoms in total. The van der Waals surface area contributed by atoms with Crippen LogP contribution in [0, 0.1) is 0 Å². The maximum Gasteiger partial charge on any atom is 0.162 e. The summed E-state index contributed by atoms with van der Waals surface area (Å²) in [5.41, 5.74) is 0. The van der Waals surface area contributed by atoms with Crippen LogP contribution in [-0.4, -0.2) is 12.5 Å². The molecule has 2 aromatic rings. The third-order valence-electron chi connectivity index (χ3n) is 2.19. The van der Waals surface area contributed by atoms with Gasteiger partial charge in [0.05, 0.1) is 0 Å². The highest BCUT2D eigenvalue weighted by Gasteiger charge is 2.11. The van der Waals surface area contributed by atoms with Gasteiger partial charge in [-0.05, 0) is 17.5 Å². The van der Waals surface area contributed by atoms with E-state index in [1.165, 1.54) is 15.7 Å². The van der Waals surface area contributed by atoms with Crippen LogP contribution >= 0.6 is 0 Å². The van der Waals surface area contributed by atoms with Crippen LogP contribution in [0.2, 0.25) is 0 Å². The molecule has 13 heavy (non-hydrogen) atoms. The first kappa shape index (κ1) is 8.64. The number of fused-ring (bicyclic) bond motifs is 1. The van der Waals surface area contributed by atoms with Crippen molar-refractivity contribution >= 4 is 21.7 Å². The lowest BCUT2D eigenvalue weighted by Crippen LogP contribution is -1.95. The first-order chi connectivity index (χ1) is 6.29. The maximum atomic E-state index is 2.27. The molecule has 0 heterocycles. The topological polar surface area (TPSA) is 0 Å². The molecular formula is C12H13S+. The summed E-state index contributed by atoms with van der Waals surface area (Å²) in [6.07, 6.45) is 4.53. The number of hydrogen-bond acceptors (Lipinski definition) is 0. The summed E-state index contributed by atoms with van der Waals surface area (Å²) >= 11 is 0. The molecule has 0 atom stereocenters. The van der Waals surface area contributed by atoms with Gasteiger partial charge in [-0.3, -0.25) is 0 Å². The average molecular weight is 189 g/mol. The van der Waals surface area contributed by atoms with Gasteiger partial charge in [-0.1, -0.05) is 30.3 Å². The van der Waals surface area contributed by atoms with Crippen LogP contribution in [0.1, 0.15) is 0 Å². The van der Waals surface area contributed by atoms with Crippen LogP contribution in [0.4, 0.5) is 0 Å². The Morgan fingerprint density at radius 1 is 0.846 bits per heavy atom. The second kappa shape index (κ2) is 3.43. The van der Waals surface area contributed by atoms with Gasteiger partial charge in [-0.15, -0.1) is 0 Å². The largest absolute Gasteiger partial charge is 0.162 e. The molecule has 0 spiro atoms. The highest BCUT2D eigenvalue weighted by atomic mass is 32.2. The smallest absolute Gasteiger partial charge is 0.0616 e. The van der Waals surface area contributed by atoms with Crippen LogP contribution in [0.3, 0.4) is 0 Å². The van der Waals surface area contributed by atoms with Gasteiger partial charge >= 0.3 is 0 Å². The maximum absolute atomic E-state index is 2.27. The molecule has 0 aliphatic carbocycles. The van der Waals surface area contributed by atoms with Gasteiger partial charge in [0.15, 0.2) is 4.90 Å². The van der Waals surface area contributed by atoms with Crippen molar-refractivity contribution in [2.45, 2.75) is 4.90 Å². The van der Waals surface area contributed by atoms with Crippen molar-refractivity contribution in [2.75, 3.05) is 12.5 Å². The average Bonchev–Trinajstić information content (AvgIpc) is 2.17. The highest BCUT2D eigenvalue weighted by Crippen LogP contribution is 2.22. The van der Waals surface area contributed by atoms with Crippen LogP contribution < -0.4 is 0 Å². The summed E-state index contributed by atoms with van der Waals surface area (Å²) < 4.78 is 0. The molecule has 0 fully saturated rings. The Hall–Kier alpha value is -0.950. The molecule has 0 amide bonds. The van der Waals surface area contributed by atoms with Crippen molar-refractivity contribution in [1.29, 1.82) is 0 Å². The zero-order chi connectivity index (χ0) is 9.26. The molecule has 0 saturated heterocycles. The molecule has 0 aliphatic rings. The fourth-order valence-corrected chi connectivity index (χ4v) is 2.53. The van der Waals surface area contributed by atoms with E-state index in [1.54, 1.807) is 0 Å². The quantitative estimate of drug-likeness (QED) is 0.605. The standard InChI is InChI=1S/C12H13S/c1-13(2)12-9-5-7-10-6-3-4-8-11(10)12/h3-9H,1-2H3/q+1. The minimum absolute atomic E-state index is 0.346. The SMILES string of the molecule is C[S+](C)c1cccc2ccccc12. The Kier molecular flexibility index (Phi) is 2.28. The Balaban J connectivity index is 2.76. The monoisotopic (exact) mass is 189 g/mol. The molecule has 66 valence electrons. The lowest BCUT2D eigenvalue weighted by atomic mass is 10.1. The van der Waals surface area contributed by atoms with Gasteiger partial charge in [0, 0.05) is 16.3 Å². The van der Waals surface area contributed by atoms with Crippen molar-refractivity contribution in [1.82, 2.24) is 0 Å². The summed E-state index contributed by atoms with van der Waals surface area (Å²) in [6, 6.07) is 15.1. The fraction of sp³-hybridized carbons (Fsp3) is 0.167. The molecule has 0 unspecified atom stereocenters. The summed E-state index contributed by atoms with van der Waals surface area (Å²) in [5.74, 6) is 0. The first-order valence-electron chi connectivity index (χ1n) is 4.34. The van der Waals surface area contributed by atoms with Crippen LogP contribution in [0.15, 0.2) is 47.4 Å². The number of benzene rings is 2. The Morgan fingerprint density at radius 3 is 2.31 bits per heavy atom. The third kappa shape index (κ3) is 1.56. The zero-order valence-electron chi connectivity index (χ0n) is 7.95. The van der Waals surface area contributed by atoms with E-state index in [0.29, 0.717) is 10.9 Å². The van der Waals surface area contributed by atoms with Gasteiger partial charge in [0.2, 0.25) is 0 Å². The van der Waals surface area contributed by atoms with E-state index in [0.717, 1.165) is 0 Å². The first-order valence-corrected chi connectivity index (χ1v) is 6.38. The highest BCUT2D eigenvalue weighted by molar-refractivity contribution is 7.95. The number of rotatable bonds is 1. The minimum Gasteiger partial charge on any atom is -0.0616 e. The van der Waals surface area contributed by atoms with Gasteiger partial charge < -0.3 is 0 Å². The van der Waals surface area contributed by atoms with Crippen LogP contribution in [-0.2, 0) is 10.9 Å². The molecule has 0 saturated carbocycles. The Morgan fingerprint density at radius 2 is 1.54 bits per heavy atom. The lowest BCUT2D eigenvalue weighted by molar-refractivity contribution is 1.53. The van der Waals surface area contributed by atoms with Crippen LogP contribution in [0.5, 0.6) is 0 Å². The molecule has 0 bridgehead atoms. The van der Waals surface area contributed by atoms with E-state index < -0.39 is 0 Å². The summed E-state index contributed by atoms with van der Waals surface area (Å²) in [5, 5.41) is 2.75. The third-order valence-corrected chi connectivity index (χ3v) is 3.43. The second-order valence-corrected chi connectivity index (χ2v) is 5.37. The molecule has 2 rings (SSSR count). The van der Waals surface area contributed by atoms with E-state index >= 15 is 0 Å². The van der Waals surface area contributed by atoms with Crippen molar-refractivity contribution in [3.63, 3.8) is 0 Å². The zero-order valence-corrected chi connectivity index (χ0v) is 8.77. The molecule has 2 aromatic carbocycles. The van der Waals surface area contributed by atoms with Gasteiger partial charge in [-0.2, -0.15) is 0 Å². The fourth-order valence-electron chi connectivity index (χ4n) is 1.55. The molecule has 0 N–H and O–H groups in total. The van der Waals surface area contributed by atoms with Crippen LogP contribution in [0.25, 0.3) is 10.8 Å². The molecule has 0 aromatic heterocycles. The molecular weight excluding hydrogens is 176 g/mol. The number of hydrogen-bond donors (Lipinski definition) is 0. The van der Waals surface area contributed by atoms with Gasteiger partial charge in [0.25, 0.3) is 0 Å². The molecule has 1 heteroatoms. The Labute approximate surface area is 81.9 Å².